The number of hydrogen-bond donors (Lipinski definition) is 2. The van der Waals surface area contributed by atoms with E-state index in [0.717, 1.165) is 44.1 Å². The molecule has 0 bridgehead atoms. The van der Waals surface area contributed by atoms with Crippen LogP contribution in [0.1, 0.15) is 12.2 Å². The summed E-state index contributed by atoms with van der Waals surface area (Å²) < 4.78 is 1.75. The maximum absolute atomic E-state index is 10.2. The standard InChI is InChI=1S/C25H25N9O/c26-25-21(18-20(30-31-25)19-6-1-2-7-22(19)35)32-12-5-13-33(17-16-32)24-9-11-27-23(29-24)8-3-14-34-15-4-10-28-34/h1-2,4,6-7,9-11,15,18,35H,5,12-14,16-17H2,(H2,26,31). The highest BCUT2D eigenvalue weighted by Crippen LogP contribution is 2.31. The van der Waals surface area contributed by atoms with Crippen molar-refractivity contribution in [2.75, 3.05) is 41.7 Å². The zero-order valence-electron chi connectivity index (χ0n) is 19.1. The number of phenolic OH excluding ortho intramolecular Hbond substituents is 1. The Labute approximate surface area is 203 Å². The number of para-hydroxylation sites is 1. The molecule has 4 heterocycles. The number of phenols is 1. The van der Waals surface area contributed by atoms with Gasteiger partial charge in [0.1, 0.15) is 18.1 Å². The normalized spacial score (nSPS) is 13.7. The molecular formula is C25H25N9O. The summed E-state index contributed by atoms with van der Waals surface area (Å²) in [6, 6.07) is 12.7. The van der Waals surface area contributed by atoms with Crippen LogP contribution >= 0.6 is 0 Å². The Balaban J connectivity index is 1.30. The van der Waals surface area contributed by atoms with Crippen LogP contribution in [0.3, 0.4) is 0 Å². The van der Waals surface area contributed by atoms with E-state index in [1.807, 2.05) is 36.5 Å². The maximum atomic E-state index is 10.2. The Morgan fingerprint density at radius 1 is 0.971 bits per heavy atom. The molecule has 0 aliphatic carbocycles. The molecule has 0 unspecified atom stereocenters. The van der Waals surface area contributed by atoms with Gasteiger partial charge in [0.25, 0.3) is 0 Å². The number of benzene rings is 1. The van der Waals surface area contributed by atoms with E-state index in [1.165, 1.54) is 0 Å². The molecule has 0 radical (unpaired) electrons. The quantitative estimate of drug-likeness (QED) is 0.435. The Hall–Kier alpha value is -4.65. The van der Waals surface area contributed by atoms with Crippen LogP contribution in [0.2, 0.25) is 0 Å². The molecule has 1 saturated heterocycles. The summed E-state index contributed by atoms with van der Waals surface area (Å²) in [6.45, 7) is 3.64. The van der Waals surface area contributed by atoms with Crippen molar-refractivity contribution >= 4 is 17.3 Å². The minimum atomic E-state index is 0.159. The summed E-state index contributed by atoms with van der Waals surface area (Å²) in [6.07, 6.45) is 6.25. The lowest BCUT2D eigenvalue weighted by Crippen LogP contribution is -2.31. The topological polar surface area (TPSA) is 122 Å². The largest absolute Gasteiger partial charge is 0.507 e. The van der Waals surface area contributed by atoms with E-state index >= 15 is 0 Å². The minimum absolute atomic E-state index is 0.159. The molecule has 4 aromatic rings. The lowest BCUT2D eigenvalue weighted by molar-refractivity contribution is 0.477. The molecule has 3 aromatic heterocycles. The number of aromatic nitrogens is 6. The number of hydrogen-bond acceptors (Lipinski definition) is 9. The fourth-order valence-corrected chi connectivity index (χ4v) is 4.03. The van der Waals surface area contributed by atoms with Crippen molar-refractivity contribution in [1.82, 2.24) is 29.9 Å². The van der Waals surface area contributed by atoms with E-state index in [1.54, 1.807) is 29.2 Å². The highest BCUT2D eigenvalue weighted by molar-refractivity contribution is 5.74. The molecular weight excluding hydrogens is 442 g/mol. The van der Waals surface area contributed by atoms with Gasteiger partial charge in [-0.25, -0.2) is 9.97 Å². The average molecular weight is 468 g/mol. The summed E-state index contributed by atoms with van der Waals surface area (Å²) >= 11 is 0. The van der Waals surface area contributed by atoms with Gasteiger partial charge in [0, 0.05) is 50.3 Å². The fraction of sp³-hybridized carbons (Fsp3) is 0.240. The van der Waals surface area contributed by atoms with Crippen LogP contribution in [0.25, 0.3) is 11.3 Å². The van der Waals surface area contributed by atoms with Crippen molar-refractivity contribution < 1.29 is 5.11 Å². The highest BCUT2D eigenvalue weighted by atomic mass is 16.3. The summed E-state index contributed by atoms with van der Waals surface area (Å²) in [5.74, 6) is 7.95. The van der Waals surface area contributed by atoms with Gasteiger partial charge in [-0.2, -0.15) is 5.10 Å². The third-order valence-corrected chi connectivity index (χ3v) is 5.78. The van der Waals surface area contributed by atoms with Crippen LogP contribution in [-0.2, 0) is 6.54 Å². The van der Waals surface area contributed by atoms with E-state index in [9.17, 15) is 5.11 Å². The van der Waals surface area contributed by atoms with E-state index < -0.39 is 0 Å². The molecule has 1 fully saturated rings. The van der Waals surface area contributed by atoms with Gasteiger partial charge in [-0.15, -0.1) is 10.2 Å². The SMILES string of the molecule is Nc1nnc(-c2ccccc2O)cc1N1CCCN(c2ccnc(C#CCn3cccn3)n2)CC1. The van der Waals surface area contributed by atoms with Crippen molar-refractivity contribution in [2.45, 2.75) is 13.0 Å². The molecule has 3 N–H and O–H groups in total. The van der Waals surface area contributed by atoms with E-state index in [2.05, 4.69) is 46.9 Å². The van der Waals surface area contributed by atoms with Gasteiger partial charge < -0.3 is 20.6 Å². The molecule has 0 spiro atoms. The summed E-state index contributed by atoms with van der Waals surface area (Å²) in [7, 11) is 0. The number of rotatable bonds is 4. The van der Waals surface area contributed by atoms with Crippen LogP contribution < -0.4 is 15.5 Å². The molecule has 1 aliphatic heterocycles. The number of nitrogens with two attached hydrogens (primary N) is 1. The zero-order chi connectivity index (χ0) is 24.0. The molecule has 1 aromatic carbocycles. The Morgan fingerprint density at radius 2 is 1.83 bits per heavy atom. The van der Waals surface area contributed by atoms with Gasteiger partial charge >= 0.3 is 0 Å². The van der Waals surface area contributed by atoms with Crippen LogP contribution in [-0.4, -0.2) is 61.2 Å². The molecule has 0 amide bonds. The first-order chi connectivity index (χ1) is 17.2. The predicted octanol–water partition coefficient (Wildman–Crippen LogP) is 2.19. The second-order valence-corrected chi connectivity index (χ2v) is 8.09. The van der Waals surface area contributed by atoms with E-state index in [4.69, 9.17) is 5.73 Å². The molecule has 10 nitrogen and oxygen atoms in total. The van der Waals surface area contributed by atoms with Gasteiger partial charge in [-0.3, -0.25) is 4.68 Å². The Kier molecular flexibility index (Phi) is 6.39. The van der Waals surface area contributed by atoms with Gasteiger partial charge in [0.15, 0.2) is 5.82 Å². The molecule has 0 atom stereocenters. The predicted molar refractivity (Wildman–Crippen MR) is 134 cm³/mol. The minimum Gasteiger partial charge on any atom is -0.507 e. The molecule has 10 heteroatoms. The second-order valence-electron chi connectivity index (χ2n) is 8.09. The fourth-order valence-electron chi connectivity index (χ4n) is 4.03. The second kappa shape index (κ2) is 10.1. The third-order valence-electron chi connectivity index (χ3n) is 5.78. The van der Waals surface area contributed by atoms with Crippen molar-refractivity contribution in [3.8, 4) is 28.8 Å². The van der Waals surface area contributed by atoms with Crippen LogP contribution in [0.4, 0.5) is 17.3 Å². The number of nitrogens with zero attached hydrogens (tertiary/aromatic N) is 8. The summed E-state index contributed by atoms with van der Waals surface area (Å²) in [5.41, 5.74) is 8.22. The smallest absolute Gasteiger partial charge is 0.206 e. The van der Waals surface area contributed by atoms with Crippen molar-refractivity contribution in [3.63, 3.8) is 0 Å². The van der Waals surface area contributed by atoms with Gasteiger partial charge in [0.05, 0.1) is 11.4 Å². The van der Waals surface area contributed by atoms with E-state index in [-0.39, 0.29) is 5.75 Å². The number of anilines is 3. The Bertz CT molecular complexity index is 1360. The summed E-state index contributed by atoms with van der Waals surface area (Å²) in [5, 5.41) is 22.7. The van der Waals surface area contributed by atoms with Gasteiger partial charge in [-0.1, -0.05) is 18.1 Å². The number of nitrogen functional groups attached to an aromatic ring is 1. The first-order valence-corrected chi connectivity index (χ1v) is 11.4. The average Bonchev–Trinajstić information content (AvgIpc) is 3.27. The Morgan fingerprint density at radius 3 is 2.69 bits per heavy atom. The van der Waals surface area contributed by atoms with Gasteiger partial charge in [-0.05, 0) is 42.7 Å². The lowest BCUT2D eigenvalue weighted by atomic mass is 10.1. The molecule has 1 aliphatic rings. The molecule has 176 valence electrons. The van der Waals surface area contributed by atoms with Crippen molar-refractivity contribution in [1.29, 1.82) is 0 Å². The summed E-state index contributed by atoms with van der Waals surface area (Å²) in [4.78, 5) is 13.4. The van der Waals surface area contributed by atoms with Crippen LogP contribution in [0, 0.1) is 11.8 Å². The van der Waals surface area contributed by atoms with Crippen LogP contribution in [0.5, 0.6) is 5.75 Å². The van der Waals surface area contributed by atoms with Gasteiger partial charge in [0.2, 0.25) is 5.82 Å². The molecule has 0 saturated carbocycles. The lowest BCUT2D eigenvalue weighted by Gasteiger charge is -2.25. The van der Waals surface area contributed by atoms with Crippen LogP contribution in [0.15, 0.2) is 61.1 Å². The number of aromatic hydroxyl groups is 1. The zero-order valence-corrected chi connectivity index (χ0v) is 19.1. The van der Waals surface area contributed by atoms with Crippen molar-refractivity contribution in [2.24, 2.45) is 0 Å². The van der Waals surface area contributed by atoms with E-state index in [0.29, 0.717) is 29.4 Å². The molecule has 35 heavy (non-hydrogen) atoms. The first-order valence-electron chi connectivity index (χ1n) is 11.4. The first kappa shape index (κ1) is 22.2. The molecule has 5 rings (SSSR count). The highest BCUT2D eigenvalue weighted by Gasteiger charge is 2.20. The third kappa shape index (κ3) is 5.14. The monoisotopic (exact) mass is 467 g/mol. The maximum Gasteiger partial charge on any atom is 0.206 e. The van der Waals surface area contributed by atoms with Crippen molar-refractivity contribution in [3.05, 3.63) is 66.9 Å².